The molecule has 0 aliphatic carbocycles. The molecule has 1 aromatic heterocycles. The highest BCUT2D eigenvalue weighted by Gasteiger charge is 2.41. The van der Waals surface area contributed by atoms with E-state index in [0.29, 0.717) is 18.2 Å². The summed E-state index contributed by atoms with van der Waals surface area (Å²) in [5, 5.41) is 9.44. The Hall–Kier alpha value is -2.94. The Bertz CT molecular complexity index is 1170. The third kappa shape index (κ3) is 2.50. The van der Waals surface area contributed by atoms with Crippen molar-refractivity contribution in [3.8, 4) is 11.4 Å². The lowest BCUT2D eigenvalue weighted by molar-refractivity contribution is 0.441. The molecule has 0 amide bonds. The van der Waals surface area contributed by atoms with Gasteiger partial charge in [-0.25, -0.2) is 21.6 Å². The summed E-state index contributed by atoms with van der Waals surface area (Å²) in [7, 11) is -4.27. The van der Waals surface area contributed by atoms with Crippen molar-refractivity contribution in [1.82, 2.24) is 4.57 Å². The van der Waals surface area contributed by atoms with E-state index in [0.717, 1.165) is 4.31 Å². The number of aromatic hydroxyl groups is 1. The Kier molecular flexibility index (Phi) is 4.15. The normalized spacial score (nSPS) is 16.0. The summed E-state index contributed by atoms with van der Waals surface area (Å²) in [4.78, 5) is -0.167. The lowest BCUT2D eigenvalue weighted by Crippen LogP contribution is -2.39. The molecule has 0 saturated carbocycles. The van der Waals surface area contributed by atoms with Gasteiger partial charge in [-0.3, -0.25) is 4.31 Å². The zero-order valence-corrected chi connectivity index (χ0v) is 15.4. The molecule has 146 valence electrons. The van der Waals surface area contributed by atoms with Gasteiger partial charge in [0.2, 0.25) is 0 Å². The zero-order valence-electron chi connectivity index (χ0n) is 14.6. The van der Waals surface area contributed by atoms with Crippen LogP contribution in [0.3, 0.4) is 0 Å². The molecular weight excluding hydrogens is 393 g/mol. The predicted octanol–water partition coefficient (Wildman–Crippen LogP) is 4.26. The number of fused-ring (bicyclic) bond motifs is 3. The Morgan fingerprint density at radius 2 is 1.75 bits per heavy atom. The number of aromatic nitrogens is 1. The van der Waals surface area contributed by atoms with Crippen LogP contribution >= 0.6 is 0 Å². The lowest BCUT2D eigenvalue weighted by Gasteiger charge is -2.38. The number of hydrogen-bond acceptors (Lipinski definition) is 3. The summed E-state index contributed by atoms with van der Waals surface area (Å²) in [5.41, 5.74) is -0.228. The molecule has 0 unspecified atom stereocenters. The van der Waals surface area contributed by atoms with Crippen molar-refractivity contribution >= 4 is 15.7 Å². The third-order valence-corrected chi connectivity index (χ3v) is 6.62. The van der Waals surface area contributed by atoms with Crippen LogP contribution in [0.4, 0.5) is 18.9 Å². The van der Waals surface area contributed by atoms with Gasteiger partial charge in [-0.2, -0.15) is 0 Å². The van der Waals surface area contributed by atoms with Crippen molar-refractivity contribution in [2.24, 2.45) is 0 Å². The smallest absolute Gasteiger partial charge is 0.265 e. The Morgan fingerprint density at radius 3 is 2.39 bits per heavy atom. The first kappa shape index (κ1) is 18.4. The minimum Gasteiger partial charge on any atom is -0.508 e. The summed E-state index contributed by atoms with van der Waals surface area (Å²) in [5.74, 6) is -4.74. The molecule has 5 nitrogen and oxygen atoms in total. The van der Waals surface area contributed by atoms with Gasteiger partial charge in [0.25, 0.3) is 10.0 Å². The van der Waals surface area contributed by atoms with Crippen LogP contribution in [0.2, 0.25) is 0 Å². The average molecular weight is 408 g/mol. The predicted molar refractivity (Wildman–Crippen MR) is 96.4 cm³/mol. The van der Waals surface area contributed by atoms with E-state index in [1.807, 2.05) is 0 Å². The molecule has 0 spiro atoms. The molecule has 0 bridgehead atoms. The first-order chi connectivity index (χ1) is 13.3. The van der Waals surface area contributed by atoms with Gasteiger partial charge in [0, 0.05) is 18.0 Å². The Labute approximate surface area is 159 Å². The first-order valence-electron chi connectivity index (χ1n) is 8.46. The largest absolute Gasteiger partial charge is 0.508 e. The SMILES string of the molecule is CC[C@H]1c2cccn2-c2c(cc(F)c(F)c2F)N1S(=O)(=O)c1ccc(O)cc1. The van der Waals surface area contributed by atoms with Crippen LogP contribution in [0.15, 0.2) is 53.6 Å². The van der Waals surface area contributed by atoms with Gasteiger partial charge in [0.05, 0.1) is 16.6 Å². The van der Waals surface area contributed by atoms with Gasteiger partial charge in [-0.05, 0) is 42.8 Å². The monoisotopic (exact) mass is 408 g/mol. The molecule has 9 heteroatoms. The fraction of sp³-hybridized carbons (Fsp3) is 0.158. The molecule has 3 aromatic rings. The minimum atomic E-state index is -4.27. The van der Waals surface area contributed by atoms with E-state index < -0.39 is 33.5 Å². The van der Waals surface area contributed by atoms with E-state index in [1.54, 1.807) is 19.1 Å². The van der Waals surface area contributed by atoms with E-state index in [2.05, 4.69) is 0 Å². The number of phenolic OH excluding ortho intramolecular Hbond substituents is 1. The molecule has 28 heavy (non-hydrogen) atoms. The van der Waals surface area contributed by atoms with Crippen LogP contribution in [0, 0.1) is 17.5 Å². The minimum absolute atomic E-state index is 0.127. The number of hydrogen-bond donors (Lipinski definition) is 1. The van der Waals surface area contributed by atoms with E-state index in [1.165, 1.54) is 35.0 Å². The fourth-order valence-electron chi connectivity index (χ4n) is 3.53. The van der Waals surface area contributed by atoms with Gasteiger partial charge in [0.15, 0.2) is 17.5 Å². The van der Waals surface area contributed by atoms with Crippen LogP contribution in [-0.2, 0) is 10.0 Å². The molecule has 2 aromatic carbocycles. The second-order valence-corrected chi connectivity index (χ2v) is 8.19. The van der Waals surface area contributed by atoms with Crippen molar-refractivity contribution in [2.75, 3.05) is 4.31 Å². The quantitative estimate of drug-likeness (QED) is 0.659. The molecule has 1 aliphatic heterocycles. The molecule has 1 N–H and O–H groups in total. The van der Waals surface area contributed by atoms with E-state index in [9.17, 15) is 26.7 Å². The molecule has 0 radical (unpaired) electrons. The Morgan fingerprint density at radius 1 is 1.07 bits per heavy atom. The average Bonchev–Trinajstić information content (AvgIpc) is 3.14. The molecule has 0 fully saturated rings. The maximum atomic E-state index is 14.7. The van der Waals surface area contributed by atoms with Gasteiger partial charge in [0.1, 0.15) is 11.4 Å². The molecular formula is C19H15F3N2O3S. The van der Waals surface area contributed by atoms with Crippen LogP contribution in [0.25, 0.3) is 5.69 Å². The second-order valence-electron chi connectivity index (χ2n) is 6.38. The van der Waals surface area contributed by atoms with E-state index in [4.69, 9.17) is 0 Å². The van der Waals surface area contributed by atoms with Gasteiger partial charge < -0.3 is 9.67 Å². The summed E-state index contributed by atoms with van der Waals surface area (Å²) in [6.07, 6.45) is 1.78. The highest BCUT2D eigenvalue weighted by molar-refractivity contribution is 7.92. The maximum Gasteiger partial charge on any atom is 0.265 e. The molecule has 0 saturated heterocycles. The summed E-state index contributed by atoms with van der Waals surface area (Å²) >= 11 is 0. The first-order valence-corrected chi connectivity index (χ1v) is 9.90. The zero-order chi connectivity index (χ0) is 20.2. The summed E-state index contributed by atoms with van der Waals surface area (Å²) in [6.45, 7) is 1.74. The second kappa shape index (κ2) is 6.30. The van der Waals surface area contributed by atoms with Crippen LogP contribution in [-0.4, -0.2) is 18.1 Å². The van der Waals surface area contributed by atoms with Crippen LogP contribution < -0.4 is 4.31 Å². The number of halogens is 3. The number of phenols is 1. The van der Waals surface area contributed by atoms with Crippen molar-refractivity contribution in [3.63, 3.8) is 0 Å². The van der Waals surface area contributed by atoms with E-state index >= 15 is 0 Å². The fourth-order valence-corrected chi connectivity index (χ4v) is 5.23. The summed E-state index contributed by atoms with van der Waals surface area (Å²) in [6, 6.07) is 7.92. The van der Waals surface area contributed by atoms with Gasteiger partial charge >= 0.3 is 0 Å². The lowest BCUT2D eigenvalue weighted by atomic mass is 10.1. The van der Waals surface area contributed by atoms with Gasteiger partial charge in [-0.15, -0.1) is 0 Å². The van der Waals surface area contributed by atoms with Crippen molar-refractivity contribution in [3.05, 3.63) is 71.8 Å². The number of rotatable bonds is 3. The number of benzene rings is 2. The van der Waals surface area contributed by atoms with Crippen molar-refractivity contribution < 1.29 is 26.7 Å². The summed E-state index contributed by atoms with van der Waals surface area (Å²) < 4.78 is 71.6. The standard InChI is InChI=1S/C19H15F3N2O3S/c1-2-14-15-4-3-9-23(15)19-16(10-13(20)17(21)18(19)22)24(14)28(26,27)12-7-5-11(25)6-8-12/h3-10,14,25H,2H2,1H3/t14-/m0/s1. The number of nitrogens with zero attached hydrogens (tertiary/aromatic N) is 2. The number of anilines is 1. The maximum absolute atomic E-state index is 14.7. The van der Waals surface area contributed by atoms with Crippen molar-refractivity contribution in [1.29, 1.82) is 0 Å². The molecule has 4 rings (SSSR count). The molecule has 2 heterocycles. The van der Waals surface area contributed by atoms with E-state index in [-0.39, 0.29) is 22.0 Å². The van der Waals surface area contributed by atoms with Crippen LogP contribution in [0.5, 0.6) is 5.75 Å². The topological polar surface area (TPSA) is 62.5 Å². The van der Waals surface area contributed by atoms with Gasteiger partial charge in [-0.1, -0.05) is 6.92 Å². The highest BCUT2D eigenvalue weighted by Crippen LogP contribution is 2.45. The Balaban J connectivity index is 2.04. The number of sulfonamides is 1. The van der Waals surface area contributed by atoms with Crippen molar-refractivity contribution in [2.45, 2.75) is 24.3 Å². The molecule has 1 aliphatic rings. The third-order valence-electron chi connectivity index (χ3n) is 4.78. The van der Waals surface area contributed by atoms with Crippen LogP contribution in [0.1, 0.15) is 25.1 Å². The highest BCUT2D eigenvalue weighted by atomic mass is 32.2. The molecule has 1 atom stereocenters.